The number of aromatic nitrogens is 2. The van der Waals surface area contributed by atoms with Crippen LogP contribution in [-0.2, 0) is 0 Å². The number of hydrogen-bond acceptors (Lipinski definition) is 4. The van der Waals surface area contributed by atoms with Crippen molar-refractivity contribution in [2.75, 3.05) is 19.5 Å². The number of nitrogens with zero attached hydrogens (tertiary/aromatic N) is 2. The number of carbonyl (C=O) groups is 1. The van der Waals surface area contributed by atoms with Crippen molar-refractivity contribution in [3.63, 3.8) is 0 Å². The number of aryl methyl sites for hydroxylation is 1. The maximum Gasteiger partial charge on any atom is 0.255 e. The van der Waals surface area contributed by atoms with E-state index in [1.165, 1.54) is 0 Å². The molecule has 0 aliphatic carbocycles. The predicted molar refractivity (Wildman–Crippen MR) is 87.4 cm³/mol. The number of carbonyl (C=O) groups excluding carboxylic acids is 1. The standard InChI is InChI=1S/C17H17N3O3/c1-11-15(4-5-16-18-6-7-20(11)16)19-17(21)12-8-13(22-2)10-14(9-12)23-3/h4-10H,1-3H3,(H,19,21). The van der Waals surface area contributed by atoms with Gasteiger partial charge in [0.25, 0.3) is 5.91 Å². The molecule has 0 saturated heterocycles. The van der Waals surface area contributed by atoms with Crippen LogP contribution in [0.4, 0.5) is 5.69 Å². The lowest BCUT2D eigenvalue weighted by molar-refractivity contribution is 0.102. The van der Waals surface area contributed by atoms with Gasteiger partial charge < -0.3 is 19.2 Å². The Bertz CT molecular complexity index is 848. The van der Waals surface area contributed by atoms with Gasteiger partial charge in [-0.3, -0.25) is 4.79 Å². The Morgan fingerprint density at radius 1 is 1.13 bits per heavy atom. The molecule has 0 spiro atoms. The summed E-state index contributed by atoms with van der Waals surface area (Å²) >= 11 is 0. The first-order valence-corrected chi connectivity index (χ1v) is 7.09. The number of hydrogen-bond donors (Lipinski definition) is 1. The van der Waals surface area contributed by atoms with E-state index in [4.69, 9.17) is 9.47 Å². The van der Waals surface area contributed by atoms with E-state index in [0.717, 1.165) is 17.0 Å². The van der Waals surface area contributed by atoms with Gasteiger partial charge in [-0.2, -0.15) is 0 Å². The van der Waals surface area contributed by atoms with Gasteiger partial charge in [0, 0.05) is 29.7 Å². The van der Waals surface area contributed by atoms with E-state index in [-0.39, 0.29) is 5.91 Å². The van der Waals surface area contributed by atoms with E-state index in [2.05, 4.69) is 10.3 Å². The fourth-order valence-corrected chi connectivity index (χ4v) is 2.40. The van der Waals surface area contributed by atoms with E-state index in [1.807, 2.05) is 29.7 Å². The van der Waals surface area contributed by atoms with Crippen molar-refractivity contribution in [3.05, 3.63) is 54.0 Å². The zero-order valence-electron chi connectivity index (χ0n) is 13.2. The third-order valence-corrected chi connectivity index (χ3v) is 3.68. The van der Waals surface area contributed by atoms with Gasteiger partial charge in [-0.05, 0) is 31.2 Å². The van der Waals surface area contributed by atoms with Gasteiger partial charge in [0.05, 0.1) is 19.9 Å². The van der Waals surface area contributed by atoms with Crippen molar-refractivity contribution >= 4 is 17.2 Å². The average Bonchev–Trinajstić information content (AvgIpc) is 3.06. The van der Waals surface area contributed by atoms with Crippen LogP contribution in [-0.4, -0.2) is 29.5 Å². The zero-order chi connectivity index (χ0) is 16.4. The molecule has 2 aromatic heterocycles. The number of fused-ring (bicyclic) bond motifs is 1. The van der Waals surface area contributed by atoms with Crippen LogP contribution >= 0.6 is 0 Å². The van der Waals surface area contributed by atoms with E-state index < -0.39 is 0 Å². The van der Waals surface area contributed by atoms with Crippen molar-refractivity contribution in [1.29, 1.82) is 0 Å². The van der Waals surface area contributed by atoms with Crippen LogP contribution in [0, 0.1) is 6.92 Å². The second-order valence-electron chi connectivity index (χ2n) is 5.04. The lowest BCUT2D eigenvalue weighted by Crippen LogP contribution is -2.14. The topological polar surface area (TPSA) is 64.9 Å². The SMILES string of the molecule is COc1cc(OC)cc(C(=O)Nc2ccc3nccn3c2C)c1. The highest BCUT2D eigenvalue weighted by atomic mass is 16.5. The van der Waals surface area contributed by atoms with E-state index in [1.54, 1.807) is 38.6 Å². The quantitative estimate of drug-likeness (QED) is 0.804. The highest BCUT2D eigenvalue weighted by Crippen LogP contribution is 2.24. The first kappa shape index (κ1) is 14.9. The van der Waals surface area contributed by atoms with Crippen LogP contribution in [0.3, 0.4) is 0 Å². The Hall–Kier alpha value is -3.02. The lowest BCUT2D eigenvalue weighted by Gasteiger charge is -2.12. The largest absolute Gasteiger partial charge is 0.497 e. The normalized spacial score (nSPS) is 10.6. The van der Waals surface area contributed by atoms with Crippen molar-refractivity contribution in [1.82, 2.24) is 9.38 Å². The van der Waals surface area contributed by atoms with Crippen LogP contribution in [0.2, 0.25) is 0 Å². The summed E-state index contributed by atoms with van der Waals surface area (Å²) in [4.78, 5) is 16.8. The molecule has 1 N–H and O–H groups in total. The van der Waals surface area contributed by atoms with Crippen LogP contribution in [0.25, 0.3) is 5.65 Å². The number of ether oxygens (including phenoxy) is 2. The summed E-state index contributed by atoms with van der Waals surface area (Å²) in [7, 11) is 3.10. The molecule has 0 fully saturated rings. The minimum Gasteiger partial charge on any atom is -0.497 e. The molecule has 6 nitrogen and oxygen atoms in total. The molecule has 0 unspecified atom stereocenters. The smallest absolute Gasteiger partial charge is 0.255 e. The molecule has 2 heterocycles. The number of methoxy groups -OCH3 is 2. The van der Waals surface area contributed by atoms with Gasteiger partial charge in [-0.1, -0.05) is 0 Å². The first-order chi connectivity index (χ1) is 11.1. The molecule has 6 heteroatoms. The van der Waals surface area contributed by atoms with Crippen LogP contribution in [0.5, 0.6) is 11.5 Å². The van der Waals surface area contributed by atoms with Gasteiger partial charge in [0.1, 0.15) is 17.1 Å². The van der Waals surface area contributed by atoms with Gasteiger partial charge >= 0.3 is 0 Å². The predicted octanol–water partition coefficient (Wildman–Crippen LogP) is 2.91. The van der Waals surface area contributed by atoms with Gasteiger partial charge in [-0.25, -0.2) is 4.98 Å². The molecule has 0 atom stereocenters. The summed E-state index contributed by atoms with van der Waals surface area (Å²) in [5.74, 6) is 0.900. The van der Waals surface area contributed by atoms with Crippen LogP contribution in [0.15, 0.2) is 42.7 Å². The summed E-state index contributed by atoms with van der Waals surface area (Å²) in [6.07, 6.45) is 3.58. The number of pyridine rings is 1. The Balaban J connectivity index is 1.92. The third kappa shape index (κ3) is 2.83. The molecule has 1 aromatic carbocycles. The van der Waals surface area contributed by atoms with Gasteiger partial charge in [-0.15, -0.1) is 0 Å². The Morgan fingerprint density at radius 2 is 1.83 bits per heavy atom. The molecule has 0 aliphatic rings. The number of amides is 1. The summed E-state index contributed by atoms with van der Waals surface area (Å²) < 4.78 is 12.3. The molecule has 0 bridgehead atoms. The van der Waals surface area contributed by atoms with Crippen molar-refractivity contribution in [3.8, 4) is 11.5 Å². The summed E-state index contributed by atoms with van der Waals surface area (Å²) in [5, 5.41) is 2.91. The highest BCUT2D eigenvalue weighted by Gasteiger charge is 2.12. The lowest BCUT2D eigenvalue weighted by atomic mass is 10.1. The van der Waals surface area contributed by atoms with Crippen molar-refractivity contribution in [2.45, 2.75) is 6.92 Å². The molecule has 1 amide bonds. The van der Waals surface area contributed by atoms with Crippen molar-refractivity contribution < 1.29 is 14.3 Å². The Kier molecular flexibility index (Phi) is 3.89. The number of rotatable bonds is 4. The molecule has 0 radical (unpaired) electrons. The molecule has 0 saturated carbocycles. The number of nitrogens with one attached hydrogen (secondary N) is 1. The minimum absolute atomic E-state index is 0.232. The summed E-state index contributed by atoms with van der Waals surface area (Å²) in [6.45, 7) is 1.93. The van der Waals surface area contributed by atoms with Gasteiger partial charge in [0.15, 0.2) is 0 Å². The van der Waals surface area contributed by atoms with Crippen LogP contribution < -0.4 is 14.8 Å². The maximum atomic E-state index is 12.5. The second kappa shape index (κ2) is 6.00. The Morgan fingerprint density at radius 3 is 2.48 bits per heavy atom. The van der Waals surface area contributed by atoms with Gasteiger partial charge in [0.2, 0.25) is 0 Å². The van der Waals surface area contributed by atoms with Crippen molar-refractivity contribution in [2.24, 2.45) is 0 Å². The fraction of sp³-hybridized carbons (Fsp3) is 0.176. The monoisotopic (exact) mass is 311 g/mol. The van der Waals surface area contributed by atoms with E-state index >= 15 is 0 Å². The third-order valence-electron chi connectivity index (χ3n) is 3.68. The molecular weight excluding hydrogens is 294 g/mol. The van der Waals surface area contributed by atoms with E-state index in [9.17, 15) is 4.79 Å². The molecule has 0 aliphatic heterocycles. The molecular formula is C17H17N3O3. The average molecular weight is 311 g/mol. The zero-order valence-corrected chi connectivity index (χ0v) is 13.2. The number of anilines is 1. The van der Waals surface area contributed by atoms with Crippen LogP contribution in [0.1, 0.15) is 16.1 Å². The molecule has 3 rings (SSSR count). The fourth-order valence-electron chi connectivity index (χ4n) is 2.40. The summed E-state index contributed by atoms with van der Waals surface area (Å²) in [6, 6.07) is 8.76. The summed E-state index contributed by atoms with van der Waals surface area (Å²) in [5.41, 5.74) is 2.93. The Labute approximate surface area is 133 Å². The number of benzene rings is 1. The maximum absolute atomic E-state index is 12.5. The molecule has 3 aromatic rings. The molecule has 118 valence electrons. The second-order valence-corrected chi connectivity index (χ2v) is 5.04. The van der Waals surface area contributed by atoms with E-state index in [0.29, 0.717) is 17.1 Å². The highest BCUT2D eigenvalue weighted by molar-refractivity contribution is 6.05. The minimum atomic E-state index is -0.232. The first-order valence-electron chi connectivity index (χ1n) is 7.09. The molecule has 23 heavy (non-hydrogen) atoms. The number of imidazole rings is 1.